The van der Waals surface area contributed by atoms with Crippen LogP contribution in [0.15, 0.2) is 94.9 Å². The largest absolute Gasteiger partial charge is 0.325 e. The molecule has 170 valence electrons. The Morgan fingerprint density at radius 1 is 0.971 bits per heavy atom. The number of benzene rings is 3. The first-order valence-electron chi connectivity index (χ1n) is 11.3. The van der Waals surface area contributed by atoms with Gasteiger partial charge in [-0.3, -0.25) is 14.5 Å². The van der Waals surface area contributed by atoms with E-state index in [1.165, 1.54) is 11.8 Å². The Bertz CT molecular complexity index is 1270. The van der Waals surface area contributed by atoms with Crippen LogP contribution in [0.2, 0.25) is 0 Å². The van der Waals surface area contributed by atoms with Gasteiger partial charge in [-0.05, 0) is 36.2 Å². The fourth-order valence-electron chi connectivity index (χ4n) is 4.11. The molecule has 3 aromatic rings. The van der Waals surface area contributed by atoms with Gasteiger partial charge in [-0.1, -0.05) is 79.3 Å². The number of amidine groups is 2. The lowest BCUT2D eigenvalue weighted by Crippen LogP contribution is -2.45. The number of carbonyl (C=O) groups is 2. The number of anilines is 1. The number of rotatable bonds is 6. The summed E-state index contributed by atoms with van der Waals surface area (Å²) in [5.74, 6) is 0.326. The molecule has 3 aromatic carbocycles. The fraction of sp³-hybridized carbons (Fsp3) is 0.185. The number of amides is 2. The van der Waals surface area contributed by atoms with E-state index in [0.29, 0.717) is 23.8 Å². The summed E-state index contributed by atoms with van der Waals surface area (Å²) in [6, 6.07) is 26.5. The van der Waals surface area contributed by atoms with Crippen LogP contribution in [0.25, 0.3) is 0 Å². The second-order valence-corrected chi connectivity index (χ2v) is 9.30. The maximum absolute atomic E-state index is 13.1. The van der Waals surface area contributed by atoms with Gasteiger partial charge in [0.05, 0.1) is 10.9 Å². The Morgan fingerprint density at radius 3 is 2.38 bits per heavy atom. The average molecular weight is 469 g/mol. The Hall–Kier alpha value is -3.71. The monoisotopic (exact) mass is 468 g/mol. The van der Waals surface area contributed by atoms with Gasteiger partial charge in [-0.15, -0.1) is 0 Å². The predicted octanol–water partition coefficient (Wildman–Crippen LogP) is 5.04. The van der Waals surface area contributed by atoms with Gasteiger partial charge in [0.2, 0.25) is 5.91 Å². The Kier molecular flexibility index (Phi) is 6.27. The predicted molar refractivity (Wildman–Crippen MR) is 138 cm³/mol. The minimum Gasteiger partial charge on any atom is -0.325 e. The third-order valence-corrected chi connectivity index (χ3v) is 7.16. The lowest BCUT2D eigenvalue weighted by Gasteiger charge is -2.32. The summed E-state index contributed by atoms with van der Waals surface area (Å²) >= 11 is 1.38. The molecule has 2 amide bonds. The van der Waals surface area contributed by atoms with Crippen LogP contribution >= 0.6 is 11.8 Å². The molecule has 0 bridgehead atoms. The molecule has 5 rings (SSSR count). The highest BCUT2D eigenvalue weighted by molar-refractivity contribution is 8.15. The van der Waals surface area contributed by atoms with Crippen molar-refractivity contribution in [2.75, 3.05) is 5.32 Å². The van der Waals surface area contributed by atoms with E-state index < -0.39 is 6.04 Å². The number of hydrogen-bond acceptors (Lipinski definition) is 5. The van der Waals surface area contributed by atoms with Crippen molar-refractivity contribution in [3.8, 4) is 0 Å². The second kappa shape index (κ2) is 9.65. The molecule has 2 heterocycles. The summed E-state index contributed by atoms with van der Waals surface area (Å²) in [6.07, 6.45) is 1.13. The molecular formula is C27H24N4O2S. The molecule has 2 aliphatic heterocycles. The van der Waals surface area contributed by atoms with E-state index in [2.05, 4.69) is 10.3 Å². The third kappa shape index (κ3) is 4.39. The molecule has 0 saturated carbocycles. The molecule has 0 fully saturated rings. The molecular weight excluding hydrogens is 444 g/mol. The summed E-state index contributed by atoms with van der Waals surface area (Å²) < 4.78 is 0. The highest BCUT2D eigenvalue weighted by atomic mass is 32.2. The smallest absolute Gasteiger partial charge is 0.271 e. The van der Waals surface area contributed by atoms with Crippen molar-refractivity contribution in [1.82, 2.24) is 4.90 Å². The average Bonchev–Trinajstić information content (AvgIpc) is 3.19. The summed E-state index contributed by atoms with van der Waals surface area (Å²) in [7, 11) is 0. The van der Waals surface area contributed by atoms with Crippen LogP contribution in [0.4, 0.5) is 11.4 Å². The van der Waals surface area contributed by atoms with Gasteiger partial charge < -0.3 is 5.32 Å². The van der Waals surface area contributed by atoms with Crippen molar-refractivity contribution in [2.45, 2.75) is 31.1 Å². The normalized spacial score (nSPS) is 17.4. The van der Waals surface area contributed by atoms with E-state index in [9.17, 15) is 9.59 Å². The highest BCUT2D eigenvalue weighted by Gasteiger charge is 2.42. The van der Waals surface area contributed by atoms with E-state index in [1.54, 1.807) is 0 Å². The third-order valence-electron chi connectivity index (χ3n) is 5.83. The van der Waals surface area contributed by atoms with Crippen molar-refractivity contribution in [3.05, 3.63) is 96.1 Å². The maximum atomic E-state index is 13.1. The van der Waals surface area contributed by atoms with E-state index >= 15 is 0 Å². The van der Waals surface area contributed by atoms with Crippen molar-refractivity contribution in [3.63, 3.8) is 0 Å². The summed E-state index contributed by atoms with van der Waals surface area (Å²) in [5.41, 5.74) is 3.39. The number of nitrogens with one attached hydrogen (secondary N) is 1. The number of nitrogens with zero attached hydrogens (tertiary/aromatic N) is 3. The Balaban J connectivity index is 1.46. The summed E-state index contributed by atoms with van der Waals surface area (Å²) in [4.78, 5) is 37.4. The molecule has 1 N–H and O–H groups in total. The van der Waals surface area contributed by atoms with Crippen LogP contribution in [0.5, 0.6) is 0 Å². The van der Waals surface area contributed by atoms with Gasteiger partial charge in [-0.25, -0.2) is 4.99 Å². The second-order valence-electron chi connectivity index (χ2n) is 8.13. The van der Waals surface area contributed by atoms with Crippen LogP contribution in [0, 0.1) is 0 Å². The van der Waals surface area contributed by atoms with Crippen molar-refractivity contribution < 1.29 is 9.59 Å². The van der Waals surface area contributed by atoms with Crippen LogP contribution in [-0.4, -0.2) is 39.0 Å². The number of carbonyl (C=O) groups excluding carboxylic acids is 2. The van der Waals surface area contributed by atoms with Gasteiger partial charge in [0.1, 0.15) is 11.9 Å². The highest BCUT2D eigenvalue weighted by Crippen LogP contribution is 2.36. The first-order chi connectivity index (χ1) is 16.6. The number of thioether (sulfide) groups is 1. The van der Waals surface area contributed by atoms with Crippen molar-refractivity contribution in [2.24, 2.45) is 9.98 Å². The van der Waals surface area contributed by atoms with Crippen molar-refractivity contribution >= 4 is 46.0 Å². The first kappa shape index (κ1) is 22.1. The van der Waals surface area contributed by atoms with Crippen LogP contribution in [-0.2, 0) is 16.0 Å². The van der Waals surface area contributed by atoms with Crippen molar-refractivity contribution in [1.29, 1.82) is 0 Å². The molecule has 0 radical (unpaired) electrons. The maximum Gasteiger partial charge on any atom is 0.271 e. The van der Waals surface area contributed by atoms with E-state index in [1.807, 2.05) is 96.8 Å². The topological polar surface area (TPSA) is 74.1 Å². The zero-order valence-corrected chi connectivity index (χ0v) is 19.5. The number of para-hydroxylation sites is 2. The molecule has 2 unspecified atom stereocenters. The van der Waals surface area contributed by atoms with Gasteiger partial charge in [0.25, 0.3) is 5.91 Å². The van der Waals surface area contributed by atoms with Gasteiger partial charge >= 0.3 is 0 Å². The van der Waals surface area contributed by atoms with Crippen LogP contribution in [0.3, 0.4) is 0 Å². The SMILES string of the molecule is CCC(SC1=Nc2ccccc2C2=NC(=O)C(Cc3ccccc3)N12)C(=O)Nc1ccccc1. The molecule has 0 aliphatic carbocycles. The number of aliphatic imine (C=N–C) groups is 2. The van der Waals surface area contributed by atoms with E-state index in [4.69, 9.17) is 4.99 Å². The van der Waals surface area contributed by atoms with Crippen LogP contribution in [0.1, 0.15) is 24.5 Å². The molecule has 6 nitrogen and oxygen atoms in total. The Morgan fingerprint density at radius 2 is 1.65 bits per heavy atom. The fourth-order valence-corrected chi connectivity index (χ4v) is 5.18. The summed E-state index contributed by atoms with van der Waals surface area (Å²) in [6.45, 7) is 1.98. The van der Waals surface area contributed by atoms with Gasteiger partial charge in [-0.2, -0.15) is 4.99 Å². The molecule has 0 aromatic heterocycles. The lowest BCUT2D eigenvalue weighted by atomic mass is 10.0. The minimum atomic E-state index is -0.494. The summed E-state index contributed by atoms with van der Waals surface area (Å²) in [5, 5.41) is 3.24. The zero-order chi connectivity index (χ0) is 23.5. The molecule has 0 saturated heterocycles. The molecule has 2 aliphatic rings. The van der Waals surface area contributed by atoms with Crippen LogP contribution < -0.4 is 5.32 Å². The molecule has 7 heteroatoms. The quantitative estimate of drug-likeness (QED) is 0.550. The van der Waals surface area contributed by atoms with Gasteiger partial charge in [0, 0.05) is 17.7 Å². The minimum absolute atomic E-state index is 0.0936. The Labute approximate surface area is 202 Å². The lowest BCUT2D eigenvalue weighted by molar-refractivity contribution is -0.119. The first-order valence-corrected chi connectivity index (χ1v) is 12.2. The zero-order valence-electron chi connectivity index (χ0n) is 18.7. The number of fused-ring (bicyclic) bond motifs is 3. The molecule has 2 atom stereocenters. The standard InChI is InChI=1S/C27H24N4O2S/c1-2-23(26(33)28-19-13-7-4-8-14-19)34-27-29-21-16-10-9-15-20(21)24-30-25(32)22(31(24)27)17-18-11-5-3-6-12-18/h3-16,22-23H,2,17H2,1H3,(H,28,33). The van der Waals surface area contributed by atoms with E-state index in [0.717, 1.165) is 22.5 Å². The van der Waals surface area contributed by atoms with E-state index in [-0.39, 0.29) is 17.1 Å². The molecule has 0 spiro atoms. The number of hydrogen-bond donors (Lipinski definition) is 1. The molecule has 34 heavy (non-hydrogen) atoms. The van der Waals surface area contributed by atoms with Gasteiger partial charge in [0.15, 0.2) is 5.17 Å².